The monoisotopic (exact) mass is 468 g/mol. The summed E-state index contributed by atoms with van der Waals surface area (Å²) in [6.45, 7) is 4.11. The summed E-state index contributed by atoms with van der Waals surface area (Å²) in [4.78, 5) is 35.5. The molecule has 10 heteroatoms. The molecule has 1 saturated heterocycles. The Morgan fingerprint density at radius 3 is 2.36 bits per heavy atom. The van der Waals surface area contributed by atoms with Gasteiger partial charge in [-0.3, -0.25) is 14.8 Å². The molecule has 33 heavy (non-hydrogen) atoms. The summed E-state index contributed by atoms with van der Waals surface area (Å²) in [5, 5.41) is 14.3. The Kier molecular flexibility index (Phi) is 10.5. The van der Waals surface area contributed by atoms with Gasteiger partial charge in [0.2, 0.25) is 12.3 Å². The summed E-state index contributed by atoms with van der Waals surface area (Å²) in [5.41, 5.74) is -0.204. The highest BCUT2D eigenvalue weighted by Gasteiger charge is 2.32. The number of nitrogens with zero attached hydrogens (tertiary/aromatic N) is 3. The smallest absolute Gasteiger partial charge is 0.304 e. The lowest BCUT2D eigenvalue weighted by Gasteiger charge is -2.39. The van der Waals surface area contributed by atoms with Gasteiger partial charge in [0.1, 0.15) is 11.6 Å². The van der Waals surface area contributed by atoms with Crippen LogP contribution in [0.15, 0.2) is 18.2 Å². The van der Waals surface area contributed by atoms with Crippen LogP contribution in [0.25, 0.3) is 0 Å². The molecule has 0 aromatic heterocycles. The van der Waals surface area contributed by atoms with Gasteiger partial charge in [0, 0.05) is 19.2 Å². The van der Waals surface area contributed by atoms with E-state index in [2.05, 4.69) is 12.2 Å². The number of hydrogen-bond donors (Lipinski definition) is 2. The zero-order valence-corrected chi connectivity index (χ0v) is 19.3. The molecule has 184 valence electrons. The number of hydrazine groups is 1. The number of benzene rings is 1. The van der Waals surface area contributed by atoms with E-state index in [0.717, 1.165) is 23.1 Å². The zero-order valence-electron chi connectivity index (χ0n) is 19.3. The van der Waals surface area contributed by atoms with Crippen molar-refractivity contribution in [1.82, 2.24) is 15.1 Å². The second-order valence-corrected chi connectivity index (χ2v) is 8.53. The Bertz CT molecular complexity index is 805. The summed E-state index contributed by atoms with van der Waals surface area (Å²) in [5.74, 6) is -1.81. The minimum atomic E-state index is -0.927. The van der Waals surface area contributed by atoms with Crippen molar-refractivity contribution in [3.8, 4) is 0 Å². The maximum Gasteiger partial charge on any atom is 0.340 e. The first kappa shape index (κ1) is 26.5. The lowest BCUT2D eigenvalue weighted by Crippen LogP contribution is -2.56. The summed E-state index contributed by atoms with van der Waals surface area (Å²) in [6.07, 6.45) is 8.94. The summed E-state index contributed by atoms with van der Waals surface area (Å²) >= 11 is 0. The minimum Gasteiger partial charge on any atom is -0.304 e. The fraction of sp³-hybridized carbons (Fsp3) is 0.609. The second kappa shape index (κ2) is 13.1. The molecule has 1 saturated carbocycles. The largest absolute Gasteiger partial charge is 0.340 e. The predicted molar refractivity (Wildman–Crippen MR) is 119 cm³/mol. The number of carbonyl (C=O) groups is 3. The minimum absolute atomic E-state index is 0.182. The van der Waals surface area contributed by atoms with Crippen molar-refractivity contribution in [2.45, 2.75) is 58.8 Å². The van der Waals surface area contributed by atoms with Crippen molar-refractivity contribution in [1.29, 1.82) is 0 Å². The summed E-state index contributed by atoms with van der Waals surface area (Å²) in [7, 11) is 0. The van der Waals surface area contributed by atoms with Gasteiger partial charge in [0.15, 0.2) is 0 Å². The number of carbonyl (C=O) groups excluding carboxylic acids is 3. The molecule has 0 bridgehead atoms. The average Bonchev–Trinajstić information content (AvgIpc) is 3.34. The van der Waals surface area contributed by atoms with E-state index in [4.69, 9.17) is 0 Å². The third kappa shape index (κ3) is 7.96. The van der Waals surface area contributed by atoms with Crippen LogP contribution in [0, 0.1) is 23.5 Å². The molecule has 2 fully saturated rings. The number of amides is 4. The highest BCUT2D eigenvalue weighted by Crippen LogP contribution is 2.26. The quantitative estimate of drug-likeness (QED) is 0.368. The van der Waals surface area contributed by atoms with E-state index in [1.165, 1.54) is 44.0 Å². The maximum atomic E-state index is 13.7. The molecule has 3 rings (SSSR count). The molecule has 4 amide bonds. The van der Waals surface area contributed by atoms with Gasteiger partial charge in [0.25, 0.3) is 0 Å². The van der Waals surface area contributed by atoms with Crippen LogP contribution in [0.5, 0.6) is 0 Å². The first-order chi connectivity index (χ1) is 15.8. The molecule has 0 spiro atoms. The number of anilines is 1. The van der Waals surface area contributed by atoms with Crippen molar-refractivity contribution in [3.05, 3.63) is 29.8 Å². The molecule has 0 radical (unpaired) electrons. The van der Waals surface area contributed by atoms with Crippen LogP contribution in [-0.4, -0.2) is 58.3 Å². The lowest BCUT2D eigenvalue weighted by atomic mass is 10.1. The lowest BCUT2D eigenvalue weighted by molar-refractivity contribution is -0.162. The van der Waals surface area contributed by atoms with Gasteiger partial charge in [-0.1, -0.05) is 46.0 Å². The molecular formula is C23H34F2N4O4. The van der Waals surface area contributed by atoms with Crippen LogP contribution in [0.1, 0.15) is 58.8 Å². The third-order valence-electron chi connectivity index (χ3n) is 6.00. The van der Waals surface area contributed by atoms with E-state index in [9.17, 15) is 28.4 Å². The SMILES string of the molecule is CC(CN(O)C=O)C(=O)N1CCCCN1C(=O)Nc1ccc(F)cc1F.CCC1CCCC1. The second-order valence-electron chi connectivity index (χ2n) is 8.53. The predicted octanol–water partition coefficient (Wildman–Crippen LogP) is 4.41. The molecule has 8 nitrogen and oxygen atoms in total. The van der Waals surface area contributed by atoms with Crippen LogP contribution < -0.4 is 5.32 Å². The molecule has 1 atom stereocenters. The Balaban J connectivity index is 0.000000468. The van der Waals surface area contributed by atoms with Gasteiger partial charge in [-0.25, -0.2) is 28.7 Å². The number of halogens is 2. The number of urea groups is 1. The molecule has 2 N–H and O–H groups in total. The summed E-state index contributed by atoms with van der Waals surface area (Å²) < 4.78 is 26.7. The standard InChI is InChI=1S/C16H20F2N4O4.C7H14/c1-11(9-20(26)10-23)15(24)21-6-2-3-7-22(21)16(25)19-14-5-4-12(17)8-13(14)18;1-2-7-5-3-4-6-7/h4-5,8,10-11,26H,2-3,6-7,9H2,1H3,(H,19,25);7H,2-6H2,1H3. The Labute approximate surface area is 193 Å². The van der Waals surface area contributed by atoms with Gasteiger partial charge < -0.3 is 5.32 Å². The highest BCUT2D eigenvalue weighted by molar-refractivity contribution is 5.91. The van der Waals surface area contributed by atoms with Crippen LogP contribution in [-0.2, 0) is 9.59 Å². The number of nitrogens with one attached hydrogen (secondary N) is 1. The fourth-order valence-corrected chi connectivity index (χ4v) is 4.05. The molecule has 1 aromatic rings. The van der Waals surface area contributed by atoms with Gasteiger partial charge >= 0.3 is 6.03 Å². The topological polar surface area (TPSA) is 93.2 Å². The van der Waals surface area contributed by atoms with Crippen molar-refractivity contribution in [3.63, 3.8) is 0 Å². The van der Waals surface area contributed by atoms with Crippen molar-refractivity contribution >= 4 is 24.0 Å². The molecule has 1 unspecified atom stereocenters. The molecule has 1 aliphatic carbocycles. The number of hydrogen-bond acceptors (Lipinski definition) is 4. The van der Waals surface area contributed by atoms with Crippen LogP contribution >= 0.6 is 0 Å². The zero-order chi connectivity index (χ0) is 24.4. The first-order valence-electron chi connectivity index (χ1n) is 11.5. The maximum absolute atomic E-state index is 13.7. The van der Waals surface area contributed by atoms with Gasteiger partial charge in [-0.2, -0.15) is 0 Å². The number of hydroxylamine groups is 2. The van der Waals surface area contributed by atoms with Crippen molar-refractivity contribution in [2.75, 3.05) is 25.0 Å². The van der Waals surface area contributed by atoms with Crippen LogP contribution in [0.2, 0.25) is 0 Å². The summed E-state index contributed by atoms with van der Waals surface area (Å²) in [6, 6.07) is 2.02. The van der Waals surface area contributed by atoms with Gasteiger partial charge in [0.05, 0.1) is 18.2 Å². The van der Waals surface area contributed by atoms with E-state index in [1.54, 1.807) is 0 Å². The van der Waals surface area contributed by atoms with Gasteiger partial charge in [-0.05, 0) is 30.9 Å². The van der Waals surface area contributed by atoms with E-state index in [-0.39, 0.29) is 31.7 Å². The molecule has 2 aliphatic rings. The highest BCUT2D eigenvalue weighted by atomic mass is 19.1. The molecule has 1 heterocycles. The third-order valence-corrected chi connectivity index (χ3v) is 6.00. The molecular weight excluding hydrogens is 434 g/mol. The number of rotatable bonds is 6. The Hall–Kier alpha value is -2.75. The van der Waals surface area contributed by atoms with Crippen LogP contribution in [0.3, 0.4) is 0 Å². The van der Waals surface area contributed by atoms with Crippen molar-refractivity contribution < 1.29 is 28.4 Å². The van der Waals surface area contributed by atoms with E-state index in [1.807, 2.05) is 0 Å². The van der Waals surface area contributed by atoms with Crippen LogP contribution in [0.4, 0.5) is 19.3 Å². The van der Waals surface area contributed by atoms with E-state index < -0.39 is 29.5 Å². The Morgan fingerprint density at radius 1 is 1.18 bits per heavy atom. The van der Waals surface area contributed by atoms with Crippen molar-refractivity contribution in [2.24, 2.45) is 11.8 Å². The fourth-order valence-electron chi connectivity index (χ4n) is 4.05. The van der Waals surface area contributed by atoms with Gasteiger partial charge in [-0.15, -0.1) is 0 Å². The normalized spacial score (nSPS) is 17.1. The molecule has 1 aromatic carbocycles. The van der Waals surface area contributed by atoms with E-state index in [0.29, 0.717) is 24.0 Å². The first-order valence-corrected chi connectivity index (χ1v) is 11.5. The Morgan fingerprint density at radius 2 is 1.82 bits per heavy atom. The van der Waals surface area contributed by atoms with E-state index >= 15 is 0 Å². The molecule has 1 aliphatic heterocycles. The average molecular weight is 469 g/mol.